The Morgan fingerprint density at radius 2 is 2.00 bits per heavy atom. The Bertz CT molecular complexity index is 167. The molecule has 0 spiro atoms. The molecule has 0 heterocycles. The lowest BCUT2D eigenvalue weighted by Gasteiger charge is -2.08. The number of unbranched alkanes of at least 4 members (excludes halogenated alkanes) is 1. The van der Waals surface area contributed by atoms with Crippen molar-refractivity contribution in [3.05, 3.63) is 0 Å². The Hall–Kier alpha value is -0.0500. The van der Waals surface area contributed by atoms with Gasteiger partial charge in [0.1, 0.15) is 0 Å². The van der Waals surface area contributed by atoms with Crippen LogP contribution in [0.4, 0.5) is 0 Å². The standard InChI is InChI=1S/C11H20BrNO/c12-7-3-4-8-13-11(14)9-10-5-1-2-6-10/h10H,1-9H2,(H,13,14). The fourth-order valence-electron chi connectivity index (χ4n) is 2.00. The average Bonchev–Trinajstić information content (AvgIpc) is 2.65. The first-order valence-corrected chi connectivity index (χ1v) is 6.77. The molecular formula is C11H20BrNO. The van der Waals surface area contributed by atoms with Crippen molar-refractivity contribution in [2.75, 3.05) is 11.9 Å². The van der Waals surface area contributed by atoms with E-state index in [0.717, 1.165) is 31.1 Å². The second-order valence-electron chi connectivity index (χ2n) is 4.10. The van der Waals surface area contributed by atoms with E-state index in [1.807, 2.05) is 0 Å². The third kappa shape index (κ3) is 4.99. The van der Waals surface area contributed by atoms with Gasteiger partial charge in [-0.15, -0.1) is 0 Å². The quantitative estimate of drug-likeness (QED) is 0.578. The van der Waals surface area contributed by atoms with Crippen LogP contribution in [-0.2, 0) is 4.79 Å². The van der Waals surface area contributed by atoms with Gasteiger partial charge in [0.05, 0.1) is 0 Å². The minimum atomic E-state index is 0.256. The molecule has 14 heavy (non-hydrogen) atoms. The third-order valence-electron chi connectivity index (χ3n) is 2.83. The molecule has 0 saturated heterocycles. The Morgan fingerprint density at radius 1 is 1.29 bits per heavy atom. The smallest absolute Gasteiger partial charge is 0.220 e. The van der Waals surface area contributed by atoms with Gasteiger partial charge in [-0.25, -0.2) is 0 Å². The van der Waals surface area contributed by atoms with E-state index in [2.05, 4.69) is 21.2 Å². The molecular weight excluding hydrogens is 242 g/mol. The van der Waals surface area contributed by atoms with Gasteiger partial charge < -0.3 is 5.32 Å². The van der Waals surface area contributed by atoms with E-state index in [-0.39, 0.29) is 5.91 Å². The van der Waals surface area contributed by atoms with Crippen LogP contribution in [0.2, 0.25) is 0 Å². The van der Waals surface area contributed by atoms with Gasteiger partial charge in [-0.3, -0.25) is 4.79 Å². The van der Waals surface area contributed by atoms with E-state index in [1.54, 1.807) is 0 Å². The number of carbonyl (C=O) groups is 1. The zero-order valence-electron chi connectivity index (χ0n) is 8.73. The molecule has 0 aromatic carbocycles. The molecule has 0 bridgehead atoms. The lowest BCUT2D eigenvalue weighted by Crippen LogP contribution is -2.26. The Kier molecular flexibility index (Phi) is 6.24. The van der Waals surface area contributed by atoms with Gasteiger partial charge in [0.25, 0.3) is 0 Å². The number of rotatable bonds is 6. The topological polar surface area (TPSA) is 29.1 Å². The van der Waals surface area contributed by atoms with Crippen molar-refractivity contribution >= 4 is 21.8 Å². The second kappa shape index (κ2) is 7.27. The zero-order chi connectivity index (χ0) is 10.2. The predicted molar refractivity (Wildman–Crippen MR) is 62.6 cm³/mol. The molecule has 1 rings (SSSR count). The van der Waals surface area contributed by atoms with E-state index >= 15 is 0 Å². The second-order valence-corrected chi connectivity index (χ2v) is 4.89. The van der Waals surface area contributed by atoms with Crippen LogP contribution in [0.3, 0.4) is 0 Å². The summed E-state index contributed by atoms with van der Waals surface area (Å²) in [5.74, 6) is 0.928. The van der Waals surface area contributed by atoms with Crippen molar-refractivity contribution in [1.29, 1.82) is 0 Å². The van der Waals surface area contributed by atoms with E-state index in [1.165, 1.54) is 25.7 Å². The first kappa shape index (κ1) is 12.0. The van der Waals surface area contributed by atoms with Crippen LogP contribution in [0.15, 0.2) is 0 Å². The first-order valence-electron chi connectivity index (χ1n) is 5.65. The van der Waals surface area contributed by atoms with Crippen LogP contribution in [0.25, 0.3) is 0 Å². The van der Waals surface area contributed by atoms with Gasteiger partial charge in [-0.05, 0) is 31.6 Å². The third-order valence-corrected chi connectivity index (χ3v) is 3.39. The van der Waals surface area contributed by atoms with Crippen molar-refractivity contribution in [1.82, 2.24) is 5.32 Å². The van der Waals surface area contributed by atoms with Crippen LogP contribution in [-0.4, -0.2) is 17.8 Å². The van der Waals surface area contributed by atoms with Gasteiger partial charge in [-0.2, -0.15) is 0 Å². The number of carbonyl (C=O) groups excluding carboxylic acids is 1. The molecule has 0 atom stereocenters. The summed E-state index contributed by atoms with van der Waals surface area (Å²) < 4.78 is 0. The highest BCUT2D eigenvalue weighted by molar-refractivity contribution is 9.09. The summed E-state index contributed by atoms with van der Waals surface area (Å²) in [6.07, 6.45) is 8.15. The molecule has 1 aliphatic rings. The molecule has 1 saturated carbocycles. The largest absolute Gasteiger partial charge is 0.356 e. The summed E-state index contributed by atoms with van der Waals surface area (Å²) >= 11 is 3.37. The number of nitrogens with one attached hydrogen (secondary N) is 1. The summed E-state index contributed by atoms with van der Waals surface area (Å²) in [6.45, 7) is 0.844. The fourth-order valence-corrected chi connectivity index (χ4v) is 2.39. The number of amides is 1. The lowest BCUT2D eigenvalue weighted by molar-refractivity contribution is -0.121. The first-order chi connectivity index (χ1) is 6.83. The number of alkyl halides is 1. The van der Waals surface area contributed by atoms with Gasteiger partial charge in [0.2, 0.25) is 5.91 Å². The summed E-state index contributed by atoms with van der Waals surface area (Å²) in [5.41, 5.74) is 0. The van der Waals surface area contributed by atoms with Gasteiger partial charge in [0.15, 0.2) is 0 Å². The molecule has 1 N–H and O–H groups in total. The molecule has 0 aromatic rings. The molecule has 3 heteroatoms. The Morgan fingerprint density at radius 3 is 2.64 bits per heavy atom. The molecule has 0 unspecified atom stereocenters. The normalized spacial score (nSPS) is 17.2. The highest BCUT2D eigenvalue weighted by Crippen LogP contribution is 2.27. The van der Waals surface area contributed by atoms with Crippen molar-refractivity contribution in [3.8, 4) is 0 Å². The van der Waals surface area contributed by atoms with E-state index < -0.39 is 0 Å². The monoisotopic (exact) mass is 261 g/mol. The fraction of sp³-hybridized carbons (Fsp3) is 0.909. The van der Waals surface area contributed by atoms with Crippen molar-refractivity contribution < 1.29 is 4.79 Å². The number of hydrogen-bond donors (Lipinski definition) is 1. The average molecular weight is 262 g/mol. The summed E-state index contributed by atoms with van der Waals surface area (Å²) in [7, 11) is 0. The van der Waals surface area contributed by atoms with Crippen LogP contribution in [0, 0.1) is 5.92 Å². The summed E-state index contributed by atoms with van der Waals surface area (Å²) in [5, 5.41) is 4.02. The van der Waals surface area contributed by atoms with Crippen LogP contribution in [0.5, 0.6) is 0 Å². The van der Waals surface area contributed by atoms with Gasteiger partial charge >= 0.3 is 0 Å². The highest BCUT2D eigenvalue weighted by Gasteiger charge is 2.17. The molecule has 1 aliphatic carbocycles. The van der Waals surface area contributed by atoms with Crippen molar-refractivity contribution in [2.45, 2.75) is 44.9 Å². The molecule has 0 aliphatic heterocycles. The zero-order valence-corrected chi connectivity index (χ0v) is 10.3. The molecule has 82 valence electrons. The van der Waals surface area contributed by atoms with Gasteiger partial charge in [0, 0.05) is 18.3 Å². The van der Waals surface area contributed by atoms with E-state index in [9.17, 15) is 4.79 Å². The molecule has 1 amide bonds. The summed E-state index contributed by atoms with van der Waals surface area (Å²) in [6, 6.07) is 0. The Labute approximate surface area is 95.0 Å². The number of halogens is 1. The maximum Gasteiger partial charge on any atom is 0.220 e. The van der Waals surface area contributed by atoms with Crippen LogP contribution in [0.1, 0.15) is 44.9 Å². The molecule has 2 nitrogen and oxygen atoms in total. The molecule has 0 aromatic heterocycles. The maximum absolute atomic E-state index is 11.4. The van der Waals surface area contributed by atoms with Crippen molar-refractivity contribution in [3.63, 3.8) is 0 Å². The minimum Gasteiger partial charge on any atom is -0.356 e. The lowest BCUT2D eigenvalue weighted by atomic mass is 10.0. The highest BCUT2D eigenvalue weighted by atomic mass is 79.9. The minimum absolute atomic E-state index is 0.256. The van der Waals surface area contributed by atoms with Crippen LogP contribution < -0.4 is 5.32 Å². The maximum atomic E-state index is 11.4. The van der Waals surface area contributed by atoms with Crippen LogP contribution >= 0.6 is 15.9 Å². The Balaban J connectivity index is 1.98. The van der Waals surface area contributed by atoms with E-state index in [0.29, 0.717) is 5.92 Å². The van der Waals surface area contributed by atoms with Crippen molar-refractivity contribution in [2.24, 2.45) is 5.92 Å². The predicted octanol–water partition coefficient (Wildman–Crippen LogP) is 2.86. The van der Waals surface area contributed by atoms with E-state index in [4.69, 9.17) is 0 Å². The molecule has 0 radical (unpaired) electrons. The summed E-state index contributed by atoms with van der Waals surface area (Å²) in [4.78, 5) is 11.4. The number of hydrogen-bond acceptors (Lipinski definition) is 1. The van der Waals surface area contributed by atoms with Gasteiger partial charge in [-0.1, -0.05) is 28.8 Å². The molecule has 1 fully saturated rings. The SMILES string of the molecule is O=C(CC1CCCC1)NCCCCBr.